The van der Waals surface area contributed by atoms with Crippen LogP contribution in [0.5, 0.6) is 0 Å². The number of hydrogen-bond acceptors (Lipinski definition) is 4. The van der Waals surface area contributed by atoms with E-state index in [2.05, 4.69) is 5.32 Å². The number of nitrogens with one attached hydrogen (secondary N) is 1. The first-order valence-corrected chi connectivity index (χ1v) is 5.88. The zero-order chi connectivity index (χ0) is 11.8. The summed E-state index contributed by atoms with van der Waals surface area (Å²) >= 11 is 0. The minimum absolute atomic E-state index is 0.114. The minimum Gasteiger partial charge on any atom is -0.381 e. The number of ether oxygens (including phenoxy) is 2. The van der Waals surface area contributed by atoms with Crippen LogP contribution in [0.2, 0.25) is 0 Å². The third-order valence-corrected chi connectivity index (χ3v) is 2.57. The van der Waals surface area contributed by atoms with Crippen molar-refractivity contribution in [1.29, 1.82) is 0 Å². The fraction of sp³-hybridized carbons (Fsp3) is 0.909. The van der Waals surface area contributed by atoms with Gasteiger partial charge in [-0.15, -0.1) is 0 Å². The quantitative estimate of drug-likeness (QED) is 0.645. The van der Waals surface area contributed by atoms with Crippen molar-refractivity contribution < 1.29 is 14.3 Å². The zero-order valence-corrected chi connectivity index (χ0v) is 10.2. The highest BCUT2D eigenvalue weighted by Gasteiger charge is 2.18. The molecule has 1 rings (SSSR count). The summed E-state index contributed by atoms with van der Waals surface area (Å²) in [5, 5.41) is 3.24. The largest absolute Gasteiger partial charge is 0.381 e. The van der Waals surface area contributed by atoms with Crippen LogP contribution in [-0.2, 0) is 14.3 Å². The first-order chi connectivity index (χ1) is 7.74. The van der Waals surface area contributed by atoms with Gasteiger partial charge in [0.1, 0.15) is 0 Å². The third-order valence-electron chi connectivity index (χ3n) is 2.57. The van der Waals surface area contributed by atoms with Crippen molar-refractivity contribution >= 4 is 5.91 Å². The molecule has 94 valence electrons. The van der Waals surface area contributed by atoms with Crippen molar-refractivity contribution in [2.75, 3.05) is 46.5 Å². The molecule has 0 aromatic heterocycles. The van der Waals surface area contributed by atoms with Crippen LogP contribution in [0.3, 0.4) is 0 Å². The SMILES string of the molecule is CCOCCC(=O)N(C)CC1CNCCO1. The summed E-state index contributed by atoms with van der Waals surface area (Å²) in [7, 11) is 1.81. The summed E-state index contributed by atoms with van der Waals surface area (Å²) in [6, 6.07) is 0. The van der Waals surface area contributed by atoms with Crippen LogP contribution in [0.15, 0.2) is 0 Å². The van der Waals surface area contributed by atoms with E-state index in [9.17, 15) is 4.79 Å². The number of carbonyl (C=O) groups is 1. The first-order valence-electron chi connectivity index (χ1n) is 5.88. The molecule has 1 aliphatic heterocycles. The van der Waals surface area contributed by atoms with Gasteiger partial charge < -0.3 is 19.7 Å². The van der Waals surface area contributed by atoms with Gasteiger partial charge in [0.05, 0.1) is 25.7 Å². The number of nitrogens with zero attached hydrogens (tertiary/aromatic N) is 1. The summed E-state index contributed by atoms with van der Waals surface area (Å²) in [6.45, 7) is 6.19. The molecule has 1 heterocycles. The lowest BCUT2D eigenvalue weighted by Gasteiger charge is -2.28. The molecule has 0 aromatic carbocycles. The summed E-state index contributed by atoms with van der Waals surface area (Å²) in [5.41, 5.74) is 0. The standard InChI is InChI=1S/C11H22N2O3/c1-3-15-6-4-11(14)13(2)9-10-8-12-5-7-16-10/h10,12H,3-9H2,1-2H3. The van der Waals surface area contributed by atoms with E-state index < -0.39 is 0 Å². The molecular weight excluding hydrogens is 208 g/mol. The lowest BCUT2D eigenvalue weighted by atomic mass is 10.2. The topological polar surface area (TPSA) is 50.8 Å². The van der Waals surface area contributed by atoms with Gasteiger partial charge in [-0.3, -0.25) is 4.79 Å². The Morgan fingerprint density at radius 2 is 2.44 bits per heavy atom. The van der Waals surface area contributed by atoms with Crippen molar-refractivity contribution in [3.8, 4) is 0 Å². The Labute approximate surface area is 97.1 Å². The van der Waals surface area contributed by atoms with E-state index in [-0.39, 0.29) is 12.0 Å². The van der Waals surface area contributed by atoms with Crippen LogP contribution >= 0.6 is 0 Å². The van der Waals surface area contributed by atoms with E-state index in [1.54, 1.807) is 4.90 Å². The maximum Gasteiger partial charge on any atom is 0.224 e. The molecule has 1 atom stereocenters. The monoisotopic (exact) mass is 230 g/mol. The van der Waals surface area contributed by atoms with Crippen LogP contribution in [0.4, 0.5) is 0 Å². The number of amides is 1. The van der Waals surface area contributed by atoms with Crippen molar-refractivity contribution in [1.82, 2.24) is 10.2 Å². The summed E-state index contributed by atoms with van der Waals surface area (Å²) in [4.78, 5) is 13.4. The van der Waals surface area contributed by atoms with E-state index in [1.165, 1.54) is 0 Å². The van der Waals surface area contributed by atoms with Gasteiger partial charge in [0, 0.05) is 33.3 Å². The molecular formula is C11H22N2O3. The molecule has 1 amide bonds. The van der Waals surface area contributed by atoms with Crippen LogP contribution in [0.25, 0.3) is 0 Å². The van der Waals surface area contributed by atoms with Gasteiger partial charge in [-0.05, 0) is 6.92 Å². The highest BCUT2D eigenvalue weighted by molar-refractivity contribution is 5.75. The first kappa shape index (κ1) is 13.4. The molecule has 0 spiro atoms. The van der Waals surface area contributed by atoms with Crippen molar-refractivity contribution in [2.24, 2.45) is 0 Å². The van der Waals surface area contributed by atoms with E-state index >= 15 is 0 Å². The molecule has 1 N–H and O–H groups in total. The third kappa shape index (κ3) is 4.92. The van der Waals surface area contributed by atoms with Gasteiger partial charge in [0.15, 0.2) is 0 Å². The predicted molar refractivity (Wildman–Crippen MR) is 61.4 cm³/mol. The molecule has 1 aliphatic rings. The molecule has 1 fully saturated rings. The molecule has 5 nitrogen and oxygen atoms in total. The molecule has 0 radical (unpaired) electrons. The van der Waals surface area contributed by atoms with Gasteiger partial charge in [-0.1, -0.05) is 0 Å². The Balaban J connectivity index is 2.16. The Hall–Kier alpha value is -0.650. The summed E-state index contributed by atoms with van der Waals surface area (Å²) in [5.74, 6) is 0.114. The molecule has 0 saturated carbocycles. The zero-order valence-electron chi connectivity index (χ0n) is 10.2. The summed E-state index contributed by atoms with van der Waals surface area (Å²) < 4.78 is 10.7. The number of morpholine rings is 1. The van der Waals surface area contributed by atoms with Gasteiger partial charge in [0.2, 0.25) is 5.91 Å². The highest BCUT2D eigenvalue weighted by atomic mass is 16.5. The second-order valence-corrected chi connectivity index (χ2v) is 3.92. The Morgan fingerprint density at radius 1 is 1.62 bits per heavy atom. The van der Waals surface area contributed by atoms with Gasteiger partial charge in [-0.2, -0.15) is 0 Å². The van der Waals surface area contributed by atoms with Crippen molar-refractivity contribution in [2.45, 2.75) is 19.4 Å². The van der Waals surface area contributed by atoms with E-state index in [0.29, 0.717) is 26.2 Å². The van der Waals surface area contributed by atoms with Crippen LogP contribution in [0.1, 0.15) is 13.3 Å². The van der Waals surface area contributed by atoms with Gasteiger partial charge >= 0.3 is 0 Å². The minimum atomic E-state index is 0.114. The summed E-state index contributed by atoms with van der Waals surface area (Å²) in [6.07, 6.45) is 0.569. The number of hydrogen-bond donors (Lipinski definition) is 1. The van der Waals surface area contributed by atoms with Gasteiger partial charge in [0.25, 0.3) is 0 Å². The molecule has 5 heteroatoms. The average molecular weight is 230 g/mol. The maximum absolute atomic E-state index is 11.7. The highest BCUT2D eigenvalue weighted by Crippen LogP contribution is 2.00. The Kier molecular flexibility index (Phi) is 6.37. The predicted octanol–water partition coefficient (Wildman–Crippen LogP) is -0.140. The van der Waals surface area contributed by atoms with Crippen LogP contribution < -0.4 is 5.32 Å². The van der Waals surface area contributed by atoms with Crippen molar-refractivity contribution in [3.63, 3.8) is 0 Å². The second-order valence-electron chi connectivity index (χ2n) is 3.92. The molecule has 0 bridgehead atoms. The Morgan fingerprint density at radius 3 is 3.06 bits per heavy atom. The lowest BCUT2D eigenvalue weighted by Crippen LogP contribution is -2.45. The van der Waals surface area contributed by atoms with E-state index in [0.717, 1.165) is 19.7 Å². The Bertz CT molecular complexity index is 205. The molecule has 1 unspecified atom stereocenters. The molecule has 0 aromatic rings. The second kappa shape index (κ2) is 7.60. The van der Waals surface area contributed by atoms with E-state index in [4.69, 9.17) is 9.47 Å². The fourth-order valence-electron chi connectivity index (χ4n) is 1.64. The van der Waals surface area contributed by atoms with E-state index in [1.807, 2.05) is 14.0 Å². The number of carbonyl (C=O) groups excluding carboxylic acids is 1. The van der Waals surface area contributed by atoms with Gasteiger partial charge in [-0.25, -0.2) is 0 Å². The lowest BCUT2D eigenvalue weighted by molar-refractivity contribution is -0.133. The number of likely N-dealkylation sites (N-methyl/N-ethyl adjacent to an activating group) is 1. The fourth-order valence-corrected chi connectivity index (χ4v) is 1.64. The molecule has 16 heavy (non-hydrogen) atoms. The smallest absolute Gasteiger partial charge is 0.224 e. The van der Waals surface area contributed by atoms with Crippen molar-refractivity contribution in [3.05, 3.63) is 0 Å². The van der Waals surface area contributed by atoms with Crippen LogP contribution in [0, 0.1) is 0 Å². The molecule has 1 saturated heterocycles. The normalized spacial score (nSPS) is 20.8. The maximum atomic E-state index is 11.7. The molecule has 0 aliphatic carbocycles. The van der Waals surface area contributed by atoms with Crippen LogP contribution in [-0.4, -0.2) is 63.4 Å². The number of rotatable bonds is 6. The average Bonchev–Trinajstić information content (AvgIpc) is 2.30.